The molecule has 1 aliphatic rings. The zero-order valence-electron chi connectivity index (χ0n) is 15.9. The van der Waals surface area contributed by atoms with Crippen LogP contribution in [0, 0.1) is 5.82 Å². The van der Waals surface area contributed by atoms with Gasteiger partial charge in [0, 0.05) is 44.0 Å². The first-order valence-corrected chi connectivity index (χ1v) is 9.51. The van der Waals surface area contributed by atoms with E-state index in [0.717, 1.165) is 50.5 Å². The Morgan fingerprint density at radius 2 is 1.69 bits per heavy atom. The molecule has 156 valence electrons. The molecule has 8 heteroatoms. The monoisotopic (exact) mass is 409 g/mol. The molecule has 3 rings (SSSR count). The zero-order chi connectivity index (χ0) is 20.9. The predicted molar refractivity (Wildman–Crippen MR) is 103 cm³/mol. The van der Waals surface area contributed by atoms with Crippen molar-refractivity contribution in [2.45, 2.75) is 12.6 Å². The van der Waals surface area contributed by atoms with Crippen LogP contribution in [0.1, 0.15) is 22.3 Å². The summed E-state index contributed by atoms with van der Waals surface area (Å²) in [5, 5.41) is 2.68. The van der Waals surface area contributed by atoms with Crippen molar-refractivity contribution in [2.24, 2.45) is 0 Å². The molecule has 0 bridgehead atoms. The van der Waals surface area contributed by atoms with Crippen molar-refractivity contribution in [3.8, 4) is 0 Å². The van der Waals surface area contributed by atoms with Crippen LogP contribution >= 0.6 is 0 Å². The molecule has 4 nitrogen and oxygen atoms in total. The first-order valence-electron chi connectivity index (χ1n) is 9.51. The molecule has 1 heterocycles. The second-order valence-corrected chi connectivity index (χ2v) is 6.99. The molecule has 1 fully saturated rings. The van der Waals surface area contributed by atoms with Gasteiger partial charge in [-0.2, -0.15) is 13.2 Å². The summed E-state index contributed by atoms with van der Waals surface area (Å²) in [7, 11) is 0. The number of hydrogen-bond acceptors (Lipinski definition) is 3. The fraction of sp³-hybridized carbons (Fsp3) is 0.381. The van der Waals surface area contributed by atoms with Crippen LogP contribution < -0.4 is 10.2 Å². The molecular weight excluding hydrogens is 386 g/mol. The quantitative estimate of drug-likeness (QED) is 0.583. The molecule has 1 aliphatic heterocycles. The Morgan fingerprint density at radius 3 is 2.34 bits per heavy atom. The molecule has 0 atom stereocenters. The van der Waals surface area contributed by atoms with Crippen LogP contribution in [0.25, 0.3) is 0 Å². The van der Waals surface area contributed by atoms with Crippen LogP contribution in [0.5, 0.6) is 0 Å². The van der Waals surface area contributed by atoms with Crippen LogP contribution in [0.3, 0.4) is 0 Å². The number of anilines is 1. The maximum absolute atomic E-state index is 13.0. The number of hydrogen-bond donors (Lipinski definition) is 1. The van der Waals surface area contributed by atoms with Crippen molar-refractivity contribution < 1.29 is 22.4 Å². The second-order valence-electron chi connectivity index (χ2n) is 6.99. The Labute approximate surface area is 167 Å². The van der Waals surface area contributed by atoms with Gasteiger partial charge in [0.2, 0.25) is 0 Å². The highest BCUT2D eigenvalue weighted by Crippen LogP contribution is 2.29. The molecule has 0 spiro atoms. The van der Waals surface area contributed by atoms with E-state index >= 15 is 0 Å². The largest absolute Gasteiger partial charge is 0.416 e. The predicted octanol–water partition coefficient (Wildman–Crippen LogP) is 3.79. The molecule has 0 aromatic heterocycles. The summed E-state index contributed by atoms with van der Waals surface area (Å²) in [6.45, 7) is 4.58. The van der Waals surface area contributed by atoms with Crippen LogP contribution in [-0.2, 0) is 6.18 Å². The molecule has 0 radical (unpaired) electrons. The zero-order valence-corrected chi connectivity index (χ0v) is 15.9. The highest BCUT2D eigenvalue weighted by molar-refractivity contribution is 5.94. The smallest absolute Gasteiger partial charge is 0.369 e. The average Bonchev–Trinajstić information content (AvgIpc) is 2.71. The van der Waals surface area contributed by atoms with Crippen molar-refractivity contribution in [3.63, 3.8) is 0 Å². The van der Waals surface area contributed by atoms with Crippen LogP contribution in [0.4, 0.5) is 23.2 Å². The maximum atomic E-state index is 13.0. The summed E-state index contributed by atoms with van der Waals surface area (Å²) in [6, 6.07) is 10.9. The first-order chi connectivity index (χ1) is 13.8. The summed E-state index contributed by atoms with van der Waals surface area (Å²) in [5.41, 5.74) is 0.177. The minimum Gasteiger partial charge on any atom is -0.369 e. The summed E-state index contributed by atoms with van der Waals surface area (Å²) in [5.74, 6) is -0.753. The van der Waals surface area contributed by atoms with Gasteiger partial charge in [0.1, 0.15) is 5.82 Å². The van der Waals surface area contributed by atoms with Crippen molar-refractivity contribution in [1.82, 2.24) is 10.2 Å². The number of benzene rings is 2. The van der Waals surface area contributed by atoms with Crippen LogP contribution in [0.2, 0.25) is 0 Å². The van der Waals surface area contributed by atoms with E-state index in [1.807, 2.05) is 0 Å². The van der Waals surface area contributed by atoms with Gasteiger partial charge in [0.15, 0.2) is 0 Å². The van der Waals surface area contributed by atoms with Crippen molar-refractivity contribution in [2.75, 3.05) is 44.2 Å². The van der Waals surface area contributed by atoms with E-state index in [2.05, 4.69) is 15.1 Å². The van der Waals surface area contributed by atoms with E-state index in [1.165, 1.54) is 24.3 Å². The number of nitrogens with one attached hydrogen (secondary N) is 1. The summed E-state index contributed by atoms with van der Waals surface area (Å²) in [4.78, 5) is 16.5. The van der Waals surface area contributed by atoms with Gasteiger partial charge in [-0.1, -0.05) is 6.07 Å². The van der Waals surface area contributed by atoms with E-state index in [0.29, 0.717) is 13.0 Å². The fourth-order valence-electron chi connectivity index (χ4n) is 3.32. The Morgan fingerprint density at radius 1 is 1.00 bits per heavy atom. The Kier molecular flexibility index (Phi) is 6.74. The van der Waals surface area contributed by atoms with E-state index in [1.54, 1.807) is 12.1 Å². The Hall–Kier alpha value is -2.61. The minimum absolute atomic E-state index is 0.00716. The van der Waals surface area contributed by atoms with Gasteiger partial charge in [0.25, 0.3) is 5.91 Å². The van der Waals surface area contributed by atoms with Gasteiger partial charge < -0.3 is 10.2 Å². The van der Waals surface area contributed by atoms with Gasteiger partial charge in [-0.3, -0.25) is 9.69 Å². The van der Waals surface area contributed by atoms with E-state index in [-0.39, 0.29) is 11.4 Å². The van der Waals surface area contributed by atoms with Gasteiger partial charge in [-0.15, -0.1) is 0 Å². The number of nitrogens with zero attached hydrogens (tertiary/aromatic N) is 2. The molecule has 2 aromatic rings. The lowest BCUT2D eigenvalue weighted by Gasteiger charge is -2.36. The molecule has 29 heavy (non-hydrogen) atoms. The molecule has 2 aromatic carbocycles. The Balaban J connectivity index is 1.38. The topological polar surface area (TPSA) is 35.6 Å². The van der Waals surface area contributed by atoms with E-state index in [4.69, 9.17) is 0 Å². The number of rotatable bonds is 6. The van der Waals surface area contributed by atoms with E-state index in [9.17, 15) is 22.4 Å². The number of piperazine rings is 1. The highest BCUT2D eigenvalue weighted by atomic mass is 19.4. The lowest BCUT2D eigenvalue weighted by atomic mass is 10.1. The number of amides is 1. The van der Waals surface area contributed by atoms with E-state index < -0.39 is 17.6 Å². The molecule has 0 aliphatic carbocycles. The number of carbonyl (C=O) groups is 1. The van der Waals surface area contributed by atoms with Crippen LogP contribution in [0.15, 0.2) is 48.5 Å². The number of halogens is 4. The molecule has 1 saturated heterocycles. The van der Waals surface area contributed by atoms with Gasteiger partial charge in [0.05, 0.1) is 5.56 Å². The lowest BCUT2D eigenvalue weighted by molar-refractivity contribution is -0.137. The van der Waals surface area contributed by atoms with Gasteiger partial charge in [-0.25, -0.2) is 4.39 Å². The highest BCUT2D eigenvalue weighted by Gasteiger charge is 2.30. The lowest BCUT2D eigenvalue weighted by Crippen LogP contribution is -2.47. The maximum Gasteiger partial charge on any atom is 0.416 e. The summed E-state index contributed by atoms with van der Waals surface area (Å²) < 4.78 is 51.2. The molecular formula is C21H23F4N3O. The molecule has 1 amide bonds. The van der Waals surface area contributed by atoms with Crippen molar-refractivity contribution in [3.05, 3.63) is 65.5 Å². The third-order valence-electron chi connectivity index (χ3n) is 4.95. The summed E-state index contributed by atoms with van der Waals surface area (Å²) in [6.07, 6.45) is -3.76. The number of alkyl halides is 3. The Bertz CT molecular complexity index is 815. The molecule has 1 N–H and O–H groups in total. The normalized spacial score (nSPS) is 15.4. The first kappa shape index (κ1) is 21.1. The summed E-state index contributed by atoms with van der Waals surface area (Å²) >= 11 is 0. The number of carbonyl (C=O) groups excluding carboxylic acids is 1. The molecule has 0 unspecified atom stereocenters. The second kappa shape index (κ2) is 9.26. The molecule has 0 saturated carbocycles. The van der Waals surface area contributed by atoms with Gasteiger partial charge >= 0.3 is 6.18 Å². The standard InChI is InChI=1S/C21H23F4N3O/c22-18-5-7-19(8-6-18)28-13-11-27(12-14-28)10-2-9-26-20(29)16-3-1-4-17(15-16)21(23,24)25/h1,3-8,15H,2,9-14H2,(H,26,29). The minimum atomic E-state index is -4.47. The third kappa shape index (κ3) is 5.93. The average molecular weight is 409 g/mol. The van der Waals surface area contributed by atoms with Crippen molar-refractivity contribution in [1.29, 1.82) is 0 Å². The van der Waals surface area contributed by atoms with Crippen molar-refractivity contribution >= 4 is 11.6 Å². The van der Waals surface area contributed by atoms with Gasteiger partial charge in [-0.05, 0) is 55.4 Å². The third-order valence-corrected chi connectivity index (χ3v) is 4.95. The fourth-order valence-corrected chi connectivity index (χ4v) is 3.32. The van der Waals surface area contributed by atoms with Crippen LogP contribution in [-0.4, -0.2) is 50.1 Å². The SMILES string of the molecule is O=C(NCCCN1CCN(c2ccc(F)cc2)CC1)c1cccc(C(F)(F)F)c1.